The lowest BCUT2D eigenvalue weighted by Crippen LogP contribution is -2.45. The van der Waals surface area contributed by atoms with Crippen molar-refractivity contribution in [1.29, 1.82) is 0 Å². The molecular weight excluding hydrogens is 298 g/mol. The van der Waals surface area contributed by atoms with Crippen LogP contribution in [-0.4, -0.2) is 34.9 Å². The number of piperidine rings is 1. The number of benzene rings is 1. The summed E-state index contributed by atoms with van der Waals surface area (Å²) in [5, 5.41) is 1.14. The number of carbonyl (C=O) groups excluding carboxylic acids is 1. The Labute approximate surface area is 144 Å². The summed E-state index contributed by atoms with van der Waals surface area (Å²) in [7, 11) is 0. The normalized spacial score (nSPS) is 19.5. The summed E-state index contributed by atoms with van der Waals surface area (Å²) in [6.45, 7) is 7.78. The maximum absolute atomic E-state index is 12.8. The molecule has 1 aromatic heterocycles. The smallest absolute Gasteiger partial charge is 0.227 e. The molecule has 0 radical (unpaired) electrons. The maximum Gasteiger partial charge on any atom is 0.227 e. The fourth-order valence-electron chi connectivity index (χ4n) is 3.76. The van der Waals surface area contributed by atoms with Gasteiger partial charge in [0.2, 0.25) is 5.91 Å². The van der Waals surface area contributed by atoms with E-state index in [1.165, 1.54) is 5.56 Å². The van der Waals surface area contributed by atoms with E-state index in [1.807, 2.05) is 36.9 Å². The van der Waals surface area contributed by atoms with Gasteiger partial charge in [-0.15, -0.1) is 0 Å². The molecule has 2 heterocycles. The Bertz CT molecular complexity index is 754. The molecule has 1 saturated heterocycles. The van der Waals surface area contributed by atoms with Crippen molar-refractivity contribution >= 4 is 16.8 Å². The molecule has 128 valence electrons. The average Bonchev–Trinajstić information content (AvgIpc) is 2.58. The first-order valence-corrected chi connectivity index (χ1v) is 8.85. The zero-order valence-corrected chi connectivity index (χ0v) is 14.9. The van der Waals surface area contributed by atoms with E-state index in [4.69, 9.17) is 5.73 Å². The molecule has 0 bridgehead atoms. The molecule has 1 aromatic carbocycles. The first kappa shape index (κ1) is 16.9. The summed E-state index contributed by atoms with van der Waals surface area (Å²) < 4.78 is 0. The third-order valence-electron chi connectivity index (χ3n) is 5.37. The molecule has 24 heavy (non-hydrogen) atoms. The number of amides is 1. The standard InChI is InChI=1S/C20H27N3O/c1-13-17-8-4-5-9-19(17)22-15(3)18(13)11-20(24)23-10-6-7-16(12-23)14(2)21/h4-5,8-9,14,16H,6-7,10-12,21H2,1-3H3/t14-,16+/m1/s1. The van der Waals surface area contributed by atoms with Crippen molar-refractivity contribution in [2.45, 2.75) is 46.1 Å². The number of para-hydroxylation sites is 1. The number of aromatic nitrogens is 1. The number of carbonyl (C=O) groups is 1. The Kier molecular flexibility index (Phi) is 4.86. The highest BCUT2D eigenvalue weighted by atomic mass is 16.2. The number of rotatable bonds is 3. The minimum absolute atomic E-state index is 0.145. The Morgan fingerprint density at radius 2 is 2.12 bits per heavy atom. The van der Waals surface area contributed by atoms with Gasteiger partial charge in [-0.1, -0.05) is 18.2 Å². The highest BCUT2D eigenvalue weighted by molar-refractivity contribution is 5.86. The largest absolute Gasteiger partial charge is 0.342 e. The molecule has 1 aliphatic heterocycles. The molecule has 2 N–H and O–H groups in total. The summed E-state index contributed by atoms with van der Waals surface area (Å²) in [4.78, 5) is 19.5. The molecule has 1 aliphatic rings. The van der Waals surface area contributed by atoms with Crippen LogP contribution < -0.4 is 5.73 Å². The van der Waals surface area contributed by atoms with Crippen LogP contribution in [0.25, 0.3) is 10.9 Å². The van der Waals surface area contributed by atoms with Crippen LogP contribution in [0.4, 0.5) is 0 Å². The SMILES string of the molecule is Cc1nc2ccccc2c(C)c1CC(=O)N1CCC[C@H]([C@@H](C)N)C1. The zero-order chi connectivity index (χ0) is 17.3. The number of nitrogens with zero attached hydrogens (tertiary/aromatic N) is 2. The number of aryl methyl sites for hydroxylation is 2. The van der Waals surface area contributed by atoms with Gasteiger partial charge in [-0.3, -0.25) is 9.78 Å². The first-order valence-electron chi connectivity index (χ1n) is 8.85. The van der Waals surface area contributed by atoms with Crippen LogP contribution >= 0.6 is 0 Å². The summed E-state index contributed by atoms with van der Waals surface area (Å²) in [6, 6.07) is 8.28. The van der Waals surface area contributed by atoms with Gasteiger partial charge in [0.25, 0.3) is 0 Å². The lowest BCUT2D eigenvalue weighted by molar-refractivity contribution is -0.132. The molecule has 2 atom stereocenters. The number of nitrogens with two attached hydrogens (primary N) is 1. The molecule has 4 heteroatoms. The molecular formula is C20H27N3O. The third-order valence-corrected chi connectivity index (χ3v) is 5.37. The molecule has 0 spiro atoms. The van der Waals surface area contributed by atoms with Crippen LogP contribution in [0, 0.1) is 19.8 Å². The molecule has 1 amide bonds. The molecule has 0 aliphatic carbocycles. The van der Waals surface area contributed by atoms with Crippen molar-refractivity contribution < 1.29 is 4.79 Å². The number of likely N-dealkylation sites (tertiary alicyclic amines) is 1. The summed E-state index contributed by atoms with van der Waals surface area (Å²) in [5.41, 5.74) is 10.2. The minimum Gasteiger partial charge on any atom is -0.342 e. The molecule has 4 nitrogen and oxygen atoms in total. The topological polar surface area (TPSA) is 59.2 Å². The van der Waals surface area contributed by atoms with E-state index in [0.29, 0.717) is 12.3 Å². The minimum atomic E-state index is 0.145. The van der Waals surface area contributed by atoms with Gasteiger partial charge in [0.05, 0.1) is 11.9 Å². The van der Waals surface area contributed by atoms with Gasteiger partial charge < -0.3 is 10.6 Å². The van der Waals surface area contributed by atoms with Crippen LogP contribution in [0.3, 0.4) is 0 Å². The van der Waals surface area contributed by atoms with E-state index < -0.39 is 0 Å². The molecule has 3 rings (SSSR count). The molecule has 0 saturated carbocycles. The Morgan fingerprint density at radius 1 is 1.38 bits per heavy atom. The van der Waals surface area contributed by atoms with Gasteiger partial charge in [-0.05, 0) is 56.7 Å². The van der Waals surface area contributed by atoms with E-state index in [2.05, 4.69) is 18.0 Å². The van der Waals surface area contributed by atoms with E-state index in [0.717, 1.165) is 48.1 Å². The Balaban J connectivity index is 1.83. The van der Waals surface area contributed by atoms with Gasteiger partial charge in [0.1, 0.15) is 0 Å². The van der Waals surface area contributed by atoms with Crippen molar-refractivity contribution in [1.82, 2.24) is 9.88 Å². The maximum atomic E-state index is 12.8. The van der Waals surface area contributed by atoms with E-state index in [-0.39, 0.29) is 11.9 Å². The predicted octanol–water partition coefficient (Wildman–Crippen LogP) is 2.98. The second-order valence-corrected chi connectivity index (χ2v) is 7.10. The predicted molar refractivity (Wildman–Crippen MR) is 97.9 cm³/mol. The van der Waals surface area contributed by atoms with Crippen LogP contribution in [0.1, 0.15) is 36.6 Å². The van der Waals surface area contributed by atoms with Gasteiger partial charge in [-0.2, -0.15) is 0 Å². The van der Waals surface area contributed by atoms with Gasteiger partial charge in [-0.25, -0.2) is 0 Å². The van der Waals surface area contributed by atoms with Crippen LogP contribution in [0.2, 0.25) is 0 Å². The highest BCUT2D eigenvalue weighted by Crippen LogP contribution is 2.25. The summed E-state index contributed by atoms with van der Waals surface area (Å²) in [6.07, 6.45) is 2.60. The van der Waals surface area contributed by atoms with Crippen LogP contribution in [0.15, 0.2) is 24.3 Å². The van der Waals surface area contributed by atoms with Crippen molar-refractivity contribution in [2.75, 3.05) is 13.1 Å². The monoisotopic (exact) mass is 325 g/mol. The molecule has 2 aromatic rings. The highest BCUT2D eigenvalue weighted by Gasteiger charge is 2.26. The van der Waals surface area contributed by atoms with Gasteiger partial charge in [0, 0.05) is 30.2 Å². The Hall–Kier alpha value is -1.94. The quantitative estimate of drug-likeness (QED) is 0.944. The number of fused-ring (bicyclic) bond motifs is 1. The van der Waals surface area contributed by atoms with Crippen molar-refractivity contribution in [3.63, 3.8) is 0 Å². The van der Waals surface area contributed by atoms with Crippen LogP contribution in [0.5, 0.6) is 0 Å². The van der Waals surface area contributed by atoms with Gasteiger partial charge >= 0.3 is 0 Å². The number of hydrogen-bond acceptors (Lipinski definition) is 3. The van der Waals surface area contributed by atoms with E-state index in [1.54, 1.807) is 0 Å². The number of pyridine rings is 1. The molecule has 0 unspecified atom stereocenters. The van der Waals surface area contributed by atoms with E-state index >= 15 is 0 Å². The van der Waals surface area contributed by atoms with Crippen molar-refractivity contribution in [3.05, 3.63) is 41.1 Å². The van der Waals surface area contributed by atoms with E-state index in [9.17, 15) is 4.79 Å². The zero-order valence-electron chi connectivity index (χ0n) is 14.9. The number of hydrogen-bond donors (Lipinski definition) is 1. The average molecular weight is 325 g/mol. The lowest BCUT2D eigenvalue weighted by atomic mass is 9.91. The van der Waals surface area contributed by atoms with Crippen molar-refractivity contribution in [3.8, 4) is 0 Å². The second-order valence-electron chi connectivity index (χ2n) is 7.10. The summed E-state index contributed by atoms with van der Waals surface area (Å²) >= 11 is 0. The van der Waals surface area contributed by atoms with Gasteiger partial charge in [0.15, 0.2) is 0 Å². The second kappa shape index (κ2) is 6.89. The first-order chi connectivity index (χ1) is 11.5. The molecule has 1 fully saturated rings. The third kappa shape index (κ3) is 3.29. The van der Waals surface area contributed by atoms with Crippen molar-refractivity contribution in [2.24, 2.45) is 11.7 Å². The fourth-order valence-corrected chi connectivity index (χ4v) is 3.76. The lowest BCUT2D eigenvalue weighted by Gasteiger charge is -2.35. The Morgan fingerprint density at radius 3 is 2.88 bits per heavy atom. The summed E-state index contributed by atoms with van der Waals surface area (Å²) in [5.74, 6) is 0.614. The van der Waals surface area contributed by atoms with Crippen LogP contribution in [-0.2, 0) is 11.2 Å². The fraction of sp³-hybridized carbons (Fsp3) is 0.500.